The van der Waals surface area contributed by atoms with E-state index in [0.29, 0.717) is 29.8 Å². The molecule has 39 heavy (non-hydrogen) atoms. The molecule has 0 bridgehead atoms. The maximum Gasteiger partial charge on any atom is 0.407 e. The molecule has 1 aromatic carbocycles. The minimum atomic E-state index is -0.884. The van der Waals surface area contributed by atoms with Crippen LogP contribution in [0.15, 0.2) is 53.7 Å². The molecule has 10 heteroatoms. The molecule has 1 fully saturated rings. The van der Waals surface area contributed by atoms with Crippen LogP contribution in [0.4, 0.5) is 9.18 Å². The van der Waals surface area contributed by atoms with E-state index in [-0.39, 0.29) is 35.3 Å². The molecule has 0 aliphatic carbocycles. The van der Waals surface area contributed by atoms with Crippen molar-refractivity contribution in [1.29, 1.82) is 0 Å². The number of hydrogen-bond donors (Lipinski definition) is 2. The smallest absolute Gasteiger partial charge is 0.407 e. The number of fused-ring (bicyclic) bond motifs is 3. The normalized spacial score (nSPS) is 18.2. The molecule has 4 heterocycles. The van der Waals surface area contributed by atoms with Gasteiger partial charge in [-0.15, -0.1) is 0 Å². The van der Waals surface area contributed by atoms with Gasteiger partial charge in [-0.3, -0.25) is 4.79 Å². The van der Waals surface area contributed by atoms with Gasteiger partial charge in [0.2, 0.25) is 0 Å². The lowest BCUT2D eigenvalue weighted by atomic mass is 9.77. The summed E-state index contributed by atoms with van der Waals surface area (Å²) in [6.45, 7) is 7.91. The summed E-state index contributed by atoms with van der Waals surface area (Å²) in [5, 5.41) is 20.9. The average Bonchev–Trinajstić information content (AvgIpc) is 3.24. The standard InChI is InChI=1S/C29H33FN4O5/c1-29(2,3)24-12-19(8-10-33(24)28(36)37)16-39-17-20-15-32(14-18-4-6-21(30)7-5-18)23-13-31-26-22(25(20)23)9-11-34(38)27(26)35/h4-7,9,11,13,15,19,24,38H,8,10,12,14,16-17H2,1-3H3,(H,36,37). The van der Waals surface area contributed by atoms with Crippen molar-refractivity contribution in [2.45, 2.75) is 52.8 Å². The van der Waals surface area contributed by atoms with Gasteiger partial charge in [-0.25, -0.2) is 14.2 Å². The van der Waals surface area contributed by atoms with E-state index in [2.05, 4.69) is 25.8 Å². The molecule has 2 unspecified atom stereocenters. The number of ether oxygens (including phenoxy) is 1. The van der Waals surface area contributed by atoms with E-state index in [9.17, 15) is 24.3 Å². The maximum absolute atomic E-state index is 13.5. The van der Waals surface area contributed by atoms with E-state index in [1.54, 1.807) is 29.3 Å². The van der Waals surface area contributed by atoms with Crippen LogP contribution in [0, 0.1) is 17.2 Å². The molecule has 4 aromatic rings. The molecule has 0 spiro atoms. The molecule has 9 nitrogen and oxygen atoms in total. The van der Waals surface area contributed by atoms with E-state index < -0.39 is 11.7 Å². The van der Waals surface area contributed by atoms with Crippen LogP contribution in [0.3, 0.4) is 0 Å². The Hall–Kier alpha value is -3.92. The predicted octanol–water partition coefficient (Wildman–Crippen LogP) is 5.10. The number of benzene rings is 1. The zero-order valence-corrected chi connectivity index (χ0v) is 22.3. The van der Waals surface area contributed by atoms with Crippen LogP contribution in [-0.2, 0) is 17.9 Å². The van der Waals surface area contributed by atoms with Gasteiger partial charge in [0.1, 0.15) is 11.3 Å². The van der Waals surface area contributed by atoms with E-state index in [1.165, 1.54) is 18.3 Å². The Labute approximate surface area is 225 Å². The molecule has 2 atom stereocenters. The molecule has 1 saturated heterocycles. The molecule has 1 aliphatic heterocycles. The first-order chi connectivity index (χ1) is 18.5. The molecule has 2 N–H and O–H groups in total. The summed E-state index contributed by atoms with van der Waals surface area (Å²) in [4.78, 5) is 30.2. The number of rotatable bonds is 6. The minimum absolute atomic E-state index is 0.0920. The Kier molecular flexibility index (Phi) is 7.07. The van der Waals surface area contributed by atoms with Crippen LogP contribution in [0.2, 0.25) is 0 Å². The third kappa shape index (κ3) is 5.34. The number of carboxylic acid groups (broad SMARTS) is 1. The van der Waals surface area contributed by atoms with Crippen molar-refractivity contribution >= 4 is 27.9 Å². The van der Waals surface area contributed by atoms with Crippen molar-refractivity contribution < 1.29 is 24.2 Å². The Balaban J connectivity index is 1.42. The predicted molar refractivity (Wildman–Crippen MR) is 145 cm³/mol. The van der Waals surface area contributed by atoms with Crippen LogP contribution in [-0.4, -0.2) is 54.8 Å². The summed E-state index contributed by atoms with van der Waals surface area (Å²) in [5.41, 5.74) is 1.93. The summed E-state index contributed by atoms with van der Waals surface area (Å²) in [5.74, 6) is -0.0848. The van der Waals surface area contributed by atoms with Gasteiger partial charge in [-0.2, -0.15) is 4.73 Å². The van der Waals surface area contributed by atoms with Gasteiger partial charge in [0, 0.05) is 54.5 Å². The molecule has 1 aliphatic rings. The first kappa shape index (κ1) is 26.7. The van der Waals surface area contributed by atoms with Crippen molar-refractivity contribution in [1.82, 2.24) is 19.2 Å². The van der Waals surface area contributed by atoms with E-state index in [1.807, 2.05) is 10.8 Å². The first-order valence-electron chi connectivity index (χ1n) is 13.1. The molecule has 1 amide bonds. The van der Waals surface area contributed by atoms with Crippen LogP contribution in [0.25, 0.3) is 21.8 Å². The van der Waals surface area contributed by atoms with Gasteiger partial charge in [-0.05, 0) is 47.9 Å². The third-order valence-corrected chi connectivity index (χ3v) is 7.67. The van der Waals surface area contributed by atoms with E-state index in [4.69, 9.17) is 4.74 Å². The number of nitrogens with zero attached hydrogens (tertiary/aromatic N) is 4. The lowest BCUT2D eigenvalue weighted by Gasteiger charge is -2.44. The number of pyridine rings is 2. The Morgan fingerprint density at radius 3 is 2.64 bits per heavy atom. The van der Waals surface area contributed by atoms with Crippen molar-refractivity contribution in [2.75, 3.05) is 13.2 Å². The summed E-state index contributed by atoms with van der Waals surface area (Å²) in [6, 6.07) is 7.86. The zero-order chi connectivity index (χ0) is 27.9. The highest BCUT2D eigenvalue weighted by Crippen LogP contribution is 2.35. The van der Waals surface area contributed by atoms with Crippen molar-refractivity contribution in [3.05, 3.63) is 76.2 Å². The second-order valence-corrected chi connectivity index (χ2v) is 11.4. The fourth-order valence-electron chi connectivity index (χ4n) is 5.65. The van der Waals surface area contributed by atoms with Crippen LogP contribution in [0.5, 0.6) is 0 Å². The number of likely N-dealkylation sites (tertiary alicyclic amines) is 1. The van der Waals surface area contributed by atoms with Crippen molar-refractivity contribution in [3.63, 3.8) is 0 Å². The number of hydrogen-bond acceptors (Lipinski definition) is 5. The Morgan fingerprint density at radius 2 is 1.95 bits per heavy atom. The monoisotopic (exact) mass is 536 g/mol. The molecule has 5 rings (SSSR count). The van der Waals surface area contributed by atoms with E-state index >= 15 is 0 Å². The van der Waals surface area contributed by atoms with Crippen LogP contribution in [0.1, 0.15) is 44.7 Å². The van der Waals surface area contributed by atoms with Gasteiger partial charge < -0.3 is 24.5 Å². The molecule has 0 radical (unpaired) electrons. The molecule has 206 valence electrons. The summed E-state index contributed by atoms with van der Waals surface area (Å²) in [7, 11) is 0. The highest BCUT2D eigenvalue weighted by Gasteiger charge is 2.38. The summed E-state index contributed by atoms with van der Waals surface area (Å²) >= 11 is 0. The van der Waals surface area contributed by atoms with Crippen molar-refractivity contribution in [2.24, 2.45) is 11.3 Å². The molecular weight excluding hydrogens is 503 g/mol. The SMILES string of the molecule is CC(C)(C)C1CC(COCc2cn(Cc3ccc(F)cc3)c3cnc4c(=O)n(O)ccc4c23)CCN1C(=O)O. The Bertz CT molecular complexity index is 1570. The highest BCUT2D eigenvalue weighted by molar-refractivity contribution is 6.06. The minimum Gasteiger partial charge on any atom is -0.465 e. The molecule has 0 saturated carbocycles. The van der Waals surface area contributed by atoms with Crippen molar-refractivity contribution in [3.8, 4) is 0 Å². The second-order valence-electron chi connectivity index (χ2n) is 11.4. The lowest BCUT2D eigenvalue weighted by Crippen LogP contribution is -2.52. The second kappa shape index (κ2) is 10.3. The number of aromatic nitrogens is 3. The summed E-state index contributed by atoms with van der Waals surface area (Å²) in [6.07, 6.45) is 5.45. The first-order valence-corrected chi connectivity index (χ1v) is 13.1. The third-order valence-electron chi connectivity index (χ3n) is 7.67. The van der Waals surface area contributed by atoms with Gasteiger partial charge in [0.15, 0.2) is 0 Å². The van der Waals surface area contributed by atoms with Crippen LogP contribution < -0.4 is 5.56 Å². The summed E-state index contributed by atoms with van der Waals surface area (Å²) < 4.78 is 22.2. The highest BCUT2D eigenvalue weighted by atomic mass is 19.1. The average molecular weight is 537 g/mol. The number of amides is 1. The fourth-order valence-corrected chi connectivity index (χ4v) is 5.65. The number of piperidine rings is 1. The van der Waals surface area contributed by atoms with Gasteiger partial charge in [-0.1, -0.05) is 32.9 Å². The van der Waals surface area contributed by atoms with Gasteiger partial charge >= 0.3 is 11.7 Å². The topological polar surface area (TPSA) is 110 Å². The van der Waals surface area contributed by atoms with Crippen LogP contribution >= 0.6 is 0 Å². The van der Waals surface area contributed by atoms with Gasteiger partial charge in [0.05, 0.1) is 18.3 Å². The quantitative estimate of drug-likeness (QED) is 0.332. The fraction of sp³-hybridized carbons (Fsp3) is 0.414. The number of halogens is 1. The lowest BCUT2D eigenvalue weighted by molar-refractivity contribution is 0.00727. The molecule has 3 aromatic heterocycles. The Morgan fingerprint density at radius 1 is 1.21 bits per heavy atom. The zero-order valence-electron chi connectivity index (χ0n) is 22.3. The molecular formula is C29H33FN4O5. The van der Waals surface area contributed by atoms with Gasteiger partial charge in [0.25, 0.3) is 0 Å². The largest absolute Gasteiger partial charge is 0.465 e. The maximum atomic E-state index is 13.5. The van der Waals surface area contributed by atoms with E-state index in [0.717, 1.165) is 34.9 Å². The number of carbonyl (C=O) groups is 1.